The summed E-state index contributed by atoms with van der Waals surface area (Å²) in [5.41, 5.74) is 5.38. The molecule has 3 N–H and O–H groups in total. The van der Waals surface area contributed by atoms with Gasteiger partial charge in [-0.1, -0.05) is 26.2 Å². The molecule has 1 aliphatic rings. The summed E-state index contributed by atoms with van der Waals surface area (Å²) >= 11 is 0. The van der Waals surface area contributed by atoms with Crippen LogP contribution >= 0.6 is 0 Å². The van der Waals surface area contributed by atoms with Crippen LogP contribution in [0.4, 0.5) is 0 Å². The summed E-state index contributed by atoms with van der Waals surface area (Å²) in [6, 6.07) is 0. The normalized spacial score (nSPS) is 20.1. The van der Waals surface area contributed by atoms with Gasteiger partial charge in [-0.05, 0) is 25.2 Å². The maximum absolute atomic E-state index is 7.25. The molecule has 1 saturated carbocycles. The van der Waals surface area contributed by atoms with E-state index in [4.69, 9.17) is 15.9 Å². The second-order valence-electron chi connectivity index (χ2n) is 4.60. The van der Waals surface area contributed by atoms with Crippen LogP contribution in [0.15, 0.2) is 0 Å². The lowest BCUT2D eigenvalue weighted by molar-refractivity contribution is 0.0227. The average molecular weight is 212 g/mol. The highest BCUT2D eigenvalue weighted by Crippen LogP contribution is 2.24. The molecule has 88 valence electrons. The van der Waals surface area contributed by atoms with Gasteiger partial charge in [0, 0.05) is 13.0 Å². The lowest BCUT2D eigenvalue weighted by Gasteiger charge is -2.24. The van der Waals surface area contributed by atoms with Crippen molar-refractivity contribution in [1.29, 1.82) is 5.41 Å². The van der Waals surface area contributed by atoms with Gasteiger partial charge in [0.2, 0.25) is 0 Å². The average Bonchev–Trinajstić information content (AvgIpc) is 2.25. The van der Waals surface area contributed by atoms with Crippen molar-refractivity contribution in [3.63, 3.8) is 0 Å². The van der Waals surface area contributed by atoms with Gasteiger partial charge >= 0.3 is 0 Å². The highest BCUT2D eigenvalue weighted by Gasteiger charge is 2.16. The van der Waals surface area contributed by atoms with Crippen LogP contribution in [-0.2, 0) is 4.74 Å². The molecule has 0 aromatic carbocycles. The van der Waals surface area contributed by atoms with Crippen molar-refractivity contribution in [2.45, 2.75) is 58.0 Å². The molecule has 3 nitrogen and oxygen atoms in total. The lowest BCUT2D eigenvalue weighted by atomic mass is 9.90. The van der Waals surface area contributed by atoms with E-state index in [0.717, 1.165) is 18.9 Å². The minimum atomic E-state index is 0.157. The second kappa shape index (κ2) is 6.83. The predicted molar refractivity (Wildman–Crippen MR) is 63.1 cm³/mol. The number of amidine groups is 1. The van der Waals surface area contributed by atoms with Crippen molar-refractivity contribution < 1.29 is 4.74 Å². The minimum Gasteiger partial charge on any atom is -0.388 e. The fraction of sp³-hybridized carbons (Fsp3) is 0.917. The first-order valence-electron chi connectivity index (χ1n) is 6.16. The van der Waals surface area contributed by atoms with Crippen LogP contribution in [0.5, 0.6) is 0 Å². The van der Waals surface area contributed by atoms with Crippen LogP contribution in [0.3, 0.4) is 0 Å². The first-order valence-corrected chi connectivity index (χ1v) is 6.16. The zero-order valence-corrected chi connectivity index (χ0v) is 9.80. The first-order chi connectivity index (χ1) is 7.22. The number of rotatable bonds is 6. The molecule has 0 heterocycles. The summed E-state index contributed by atoms with van der Waals surface area (Å²) in [4.78, 5) is 0. The Labute approximate surface area is 92.9 Å². The van der Waals surface area contributed by atoms with Crippen molar-refractivity contribution in [3.8, 4) is 0 Å². The van der Waals surface area contributed by atoms with Crippen molar-refractivity contribution in [2.75, 3.05) is 6.61 Å². The molecule has 3 heteroatoms. The molecule has 1 rings (SSSR count). The van der Waals surface area contributed by atoms with Crippen molar-refractivity contribution in [2.24, 2.45) is 11.7 Å². The van der Waals surface area contributed by atoms with E-state index in [0.29, 0.717) is 6.42 Å². The molecule has 1 unspecified atom stereocenters. The van der Waals surface area contributed by atoms with E-state index >= 15 is 0 Å². The molecule has 1 atom stereocenters. The molecule has 0 amide bonds. The third kappa shape index (κ3) is 5.17. The third-order valence-corrected chi connectivity index (χ3v) is 3.20. The van der Waals surface area contributed by atoms with Gasteiger partial charge in [-0.3, -0.25) is 5.41 Å². The monoisotopic (exact) mass is 212 g/mol. The highest BCUT2D eigenvalue weighted by atomic mass is 16.5. The summed E-state index contributed by atoms with van der Waals surface area (Å²) in [5, 5.41) is 7.25. The van der Waals surface area contributed by atoms with Crippen LogP contribution in [0.1, 0.15) is 51.9 Å². The summed E-state index contributed by atoms with van der Waals surface area (Å²) in [6.45, 7) is 2.96. The first kappa shape index (κ1) is 12.5. The van der Waals surface area contributed by atoms with Crippen LogP contribution in [-0.4, -0.2) is 18.5 Å². The molecule has 15 heavy (non-hydrogen) atoms. The van der Waals surface area contributed by atoms with E-state index in [9.17, 15) is 0 Å². The number of hydrogen-bond acceptors (Lipinski definition) is 2. The Bertz CT molecular complexity index is 188. The molecule has 1 fully saturated rings. The van der Waals surface area contributed by atoms with Crippen LogP contribution < -0.4 is 5.73 Å². The van der Waals surface area contributed by atoms with E-state index in [1.807, 2.05) is 0 Å². The minimum absolute atomic E-state index is 0.157. The van der Waals surface area contributed by atoms with Gasteiger partial charge in [0.25, 0.3) is 0 Å². The Morgan fingerprint density at radius 3 is 2.60 bits per heavy atom. The van der Waals surface area contributed by atoms with E-state index in [1.165, 1.54) is 32.1 Å². The van der Waals surface area contributed by atoms with Crippen LogP contribution in [0, 0.1) is 11.3 Å². The van der Waals surface area contributed by atoms with E-state index in [1.54, 1.807) is 0 Å². The van der Waals surface area contributed by atoms with Crippen LogP contribution in [0.2, 0.25) is 0 Å². The molecule has 0 aromatic heterocycles. The van der Waals surface area contributed by atoms with E-state index < -0.39 is 0 Å². The number of nitrogens with one attached hydrogen (secondary N) is 1. The van der Waals surface area contributed by atoms with Gasteiger partial charge in [-0.2, -0.15) is 0 Å². The Hall–Kier alpha value is -0.570. The lowest BCUT2D eigenvalue weighted by Crippen LogP contribution is -2.24. The zero-order chi connectivity index (χ0) is 11.1. The Kier molecular flexibility index (Phi) is 5.69. The maximum atomic E-state index is 7.25. The zero-order valence-electron chi connectivity index (χ0n) is 9.80. The molecule has 0 aromatic rings. The van der Waals surface area contributed by atoms with E-state index in [-0.39, 0.29) is 11.9 Å². The SMILES string of the molecule is CCC(CC(=N)N)OCC1CCCCC1. The van der Waals surface area contributed by atoms with Crippen molar-refractivity contribution in [1.82, 2.24) is 0 Å². The standard InChI is InChI=1S/C12H24N2O/c1-2-11(8-12(13)14)15-9-10-6-4-3-5-7-10/h10-11H,2-9H2,1H3,(H3,13,14). The summed E-state index contributed by atoms with van der Waals surface area (Å²) in [5.74, 6) is 0.991. The number of hydrogen-bond donors (Lipinski definition) is 2. The molecule has 0 saturated heterocycles. The Balaban J connectivity index is 2.17. The van der Waals surface area contributed by atoms with Gasteiger partial charge in [-0.15, -0.1) is 0 Å². The molecule has 1 aliphatic carbocycles. The predicted octanol–water partition coefficient (Wildman–Crippen LogP) is 2.69. The third-order valence-electron chi connectivity index (χ3n) is 3.20. The molecule has 0 radical (unpaired) electrons. The largest absolute Gasteiger partial charge is 0.388 e. The fourth-order valence-electron chi connectivity index (χ4n) is 2.19. The second-order valence-corrected chi connectivity index (χ2v) is 4.60. The number of ether oxygens (including phenoxy) is 1. The molecular weight excluding hydrogens is 188 g/mol. The quantitative estimate of drug-likeness (QED) is 0.525. The van der Waals surface area contributed by atoms with Crippen molar-refractivity contribution in [3.05, 3.63) is 0 Å². The molecule has 0 aliphatic heterocycles. The topological polar surface area (TPSA) is 59.1 Å². The number of nitrogens with two attached hydrogens (primary N) is 1. The Morgan fingerprint density at radius 1 is 1.40 bits per heavy atom. The van der Waals surface area contributed by atoms with Crippen LogP contribution in [0.25, 0.3) is 0 Å². The van der Waals surface area contributed by atoms with Gasteiger partial charge in [0.05, 0.1) is 11.9 Å². The summed E-state index contributed by atoms with van der Waals surface area (Å²) in [7, 11) is 0. The molecular formula is C12H24N2O. The van der Waals surface area contributed by atoms with Gasteiger partial charge in [0.15, 0.2) is 0 Å². The van der Waals surface area contributed by atoms with E-state index in [2.05, 4.69) is 6.92 Å². The smallest absolute Gasteiger partial charge is 0.0931 e. The van der Waals surface area contributed by atoms with Gasteiger partial charge < -0.3 is 10.5 Å². The van der Waals surface area contributed by atoms with Gasteiger partial charge in [-0.25, -0.2) is 0 Å². The van der Waals surface area contributed by atoms with Crippen molar-refractivity contribution >= 4 is 5.84 Å². The maximum Gasteiger partial charge on any atom is 0.0931 e. The Morgan fingerprint density at radius 2 is 2.07 bits per heavy atom. The fourth-order valence-corrected chi connectivity index (χ4v) is 2.19. The summed E-state index contributed by atoms with van der Waals surface area (Å²) in [6.07, 6.45) is 8.43. The molecule has 0 bridgehead atoms. The molecule has 0 spiro atoms. The van der Waals surface area contributed by atoms with Gasteiger partial charge in [0.1, 0.15) is 0 Å². The highest BCUT2D eigenvalue weighted by molar-refractivity contribution is 5.77. The summed E-state index contributed by atoms with van der Waals surface area (Å²) < 4.78 is 5.82.